The lowest BCUT2D eigenvalue weighted by Crippen LogP contribution is -2.38. The zero-order valence-corrected chi connectivity index (χ0v) is 10.8. The molecule has 0 aliphatic carbocycles. The quantitative estimate of drug-likeness (QED) is 0.748. The Morgan fingerprint density at radius 2 is 1.89 bits per heavy atom. The van der Waals surface area contributed by atoms with Gasteiger partial charge in [0.15, 0.2) is 0 Å². The Balaban J connectivity index is 1.63. The van der Waals surface area contributed by atoms with Crippen LogP contribution in [0, 0.1) is 11.8 Å². The predicted molar refractivity (Wildman–Crippen MR) is 65.9 cm³/mol. The molecule has 0 amide bonds. The molecule has 0 saturated carbocycles. The summed E-state index contributed by atoms with van der Waals surface area (Å²) in [5.41, 5.74) is 0. The van der Waals surface area contributed by atoms with E-state index in [1.165, 1.54) is 0 Å². The van der Waals surface area contributed by atoms with Crippen LogP contribution in [0.4, 0.5) is 0 Å². The number of hydrogen-bond acceptors (Lipinski definition) is 5. The maximum atomic E-state index is 11.8. The van der Waals surface area contributed by atoms with Crippen molar-refractivity contribution in [2.45, 2.75) is 25.7 Å². The van der Waals surface area contributed by atoms with Crippen molar-refractivity contribution in [3.8, 4) is 0 Å². The third-order valence-electron chi connectivity index (χ3n) is 3.91. The second kappa shape index (κ2) is 7.07. The van der Waals surface area contributed by atoms with Crippen molar-refractivity contribution in [3.05, 3.63) is 0 Å². The summed E-state index contributed by atoms with van der Waals surface area (Å²) < 4.78 is 10.6. The molecule has 104 valence electrons. The lowest BCUT2D eigenvalue weighted by molar-refractivity contribution is -0.157. The number of aliphatic hydroxyl groups is 1. The van der Waals surface area contributed by atoms with Crippen LogP contribution < -0.4 is 0 Å². The van der Waals surface area contributed by atoms with Gasteiger partial charge in [-0.2, -0.15) is 0 Å². The van der Waals surface area contributed by atoms with Gasteiger partial charge in [-0.15, -0.1) is 0 Å². The average molecular weight is 257 g/mol. The van der Waals surface area contributed by atoms with Crippen LogP contribution in [0.3, 0.4) is 0 Å². The highest BCUT2D eigenvalue weighted by atomic mass is 16.5. The summed E-state index contributed by atoms with van der Waals surface area (Å²) >= 11 is 0. The van der Waals surface area contributed by atoms with Crippen molar-refractivity contribution >= 4 is 5.97 Å². The zero-order chi connectivity index (χ0) is 12.8. The number of aliphatic hydroxyl groups excluding tert-OH is 1. The van der Waals surface area contributed by atoms with Crippen LogP contribution in [0.15, 0.2) is 0 Å². The second-order valence-electron chi connectivity index (χ2n) is 5.22. The monoisotopic (exact) mass is 257 g/mol. The first kappa shape index (κ1) is 13.8. The molecule has 5 heteroatoms. The smallest absolute Gasteiger partial charge is 0.310 e. The average Bonchev–Trinajstić information content (AvgIpc) is 2.46. The highest BCUT2D eigenvalue weighted by Crippen LogP contribution is 2.18. The van der Waals surface area contributed by atoms with E-state index in [0.29, 0.717) is 25.9 Å². The largest absolute Gasteiger partial charge is 0.449 e. The van der Waals surface area contributed by atoms with Gasteiger partial charge in [-0.25, -0.2) is 0 Å². The summed E-state index contributed by atoms with van der Waals surface area (Å²) in [7, 11) is 0. The van der Waals surface area contributed by atoms with Gasteiger partial charge in [0.2, 0.25) is 0 Å². The molecule has 5 nitrogen and oxygen atoms in total. The van der Waals surface area contributed by atoms with Gasteiger partial charge in [0.25, 0.3) is 0 Å². The SMILES string of the molecule is O=C(OCN1CCC(CO)CC1)C1CCOCC1. The molecule has 0 spiro atoms. The molecule has 2 fully saturated rings. The Morgan fingerprint density at radius 3 is 2.50 bits per heavy atom. The standard InChI is InChI=1S/C13H23NO4/c15-9-11-1-5-14(6-2-11)10-18-13(16)12-3-7-17-8-4-12/h11-12,15H,1-10H2. The van der Waals surface area contributed by atoms with Crippen LogP contribution >= 0.6 is 0 Å². The fourth-order valence-electron chi connectivity index (χ4n) is 2.50. The number of ether oxygens (including phenoxy) is 2. The Labute approximate surface area is 108 Å². The van der Waals surface area contributed by atoms with Crippen LogP contribution in [-0.2, 0) is 14.3 Å². The molecular weight excluding hydrogens is 234 g/mol. The predicted octanol–water partition coefficient (Wildman–Crippen LogP) is 0.618. The van der Waals surface area contributed by atoms with Gasteiger partial charge < -0.3 is 14.6 Å². The molecule has 2 rings (SSSR count). The van der Waals surface area contributed by atoms with Gasteiger partial charge in [0.1, 0.15) is 6.73 Å². The van der Waals surface area contributed by atoms with E-state index < -0.39 is 0 Å². The number of rotatable bonds is 4. The molecule has 0 bridgehead atoms. The summed E-state index contributed by atoms with van der Waals surface area (Å²) in [5, 5.41) is 9.05. The van der Waals surface area contributed by atoms with Crippen molar-refractivity contribution in [2.75, 3.05) is 39.6 Å². The Morgan fingerprint density at radius 1 is 1.22 bits per heavy atom. The molecular formula is C13H23NO4. The van der Waals surface area contributed by atoms with E-state index in [4.69, 9.17) is 14.6 Å². The van der Waals surface area contributed by atoms with Crippen LogP contribution in [0.25, 0.3) is 0 Å². The summed E-state index contributed by atoms with van der Waals surface area (Å²) in [5.74, 6) is 0.365. The van der Waals surface area contributed by atoms with E-state index in [0.717, 1.165) is 38.8 Å². The van der Waals surface area contributed by atoms with Crippen LogP contribution in [0.2, 0.25) is 0 Å². The van der Waals surface area contributed by atoms with Crippen molar-refractivity contribution in [1.82, 2.24) is 4.90 Å². The second-order valence-corrected chi connectivity index (χ2v) is 5.22. The number of likely N-dealkylation sites (tertiary alicyclic amines) is 1. The first-order valence-corrected chi connectivity index (χ1v) is 6.87. The van der Waals surface area contributed by atoms with Crippen molar-refractivity contribution in [1.29, 1.82) is 0 Å². The Hall–Kier alpha value is -0.650. The lowest BCUT2D eigenvalue weighted by Gasteiger charge is -2.31. The van der Waals surface area contributed by atoms with Gasteiger partial charge >= 0.3 is 5.97 Å². The van der Waals surface area contributed by atoms with Gasteiger partial charge in [-0.3, -0.25) is 9.69 Å². The molecule has 0 radical (unpaired) electrons. The maximum Gasteiger partial charge on any atom is 0.310 e. The van der Waals surface area contributed by atoms with Gasteiger partial charge in [0, 0.05) is 32.9 Å². The number of carbonyl (C=O) groups excluding carboxylic acids is 1. The maximum absolute atomic E-state index is 11.8. The third kappa shape index (κ3) is 3.93. The first-order chi connectivity index (χ1) is 8.79. The molecule has 0 atom stereocenters. The first-order valence-electron chi connectivity index (χ1n) is 6.87. The van der Waals surface area contributed by atoms with Crippen LogP contribution in [0.1, 0.15) is 25.7 Å². The van der Waals surface area contributed by atoms with Crippen LogP contribution in [-0.4, -0.2) is 55.6 Å². The topological polar surface area (TPSA) is 59.0 Å². The molecule has 2 heterocycles. The molecule has 2 aliphatic rings. The van der Waals surface area contributed by atoms with Crippen molar-refractivity contribution < 1.29 is 19.4 Å². The van der Waals surface area contributed by atoms with Crippen molar-refractivity contribution in [3.63, 3.8) is 0 Å². The number of nitrogens with zero attached hydrogens (tertiary/aromatic N) is 1. The fourth-order valence-corrected chi connectivity index (χ4v) is 2.50. The number of piperidine rings is 1. The molecule has 18 heavy (non-hydrogen) atoms. The number of carbonyl (C=O) groups is 1. The number of esters is 1. The van der Waals surface area contributed by atoms with Gasteiger partial charge in [-0.1, -0.05) is 0 Å². The van der Waals surface area contributed by atoms with Gasteiger partial charge in [0.05, 0.1) is 5.92 Å². The molecule has 2 aliphatic heterocycles. The third-order valence-corrected chi connectivity index (χ3v) is 3.91. The lowest BCUT2D eigenvalue weighted by atomic mass is 9.98. The van der Waals surface area contributed by atoms with E-state index in [1.807, 2.05) is 0 Å². The molecule has 0 aromatic rings. The van der Waals surface area contributed by atoms with E-state index in [9.17, 15) is 4.79 Å². The zero-order valence-electron chi connectivity index (χ0n) is 10.8. The molecule has 2 saturated heterocycles. The minimum absolute atomic E-state index is 0.0220. The summed E-state index contributed by atoms with van der Waals surface area (Å²) in [6.07, 6.45) is 3.55. The van der Waals surface area contributed by atoms with E-state index in [1.54, 1.807) is 0 Å². The highest BCUT2D eigenvalue weighted by Gasteiger charge is 2.24. The summed E-state index contributed by atoms with van der Waals surface area (Å²) in [6, 6.07) is 0. The van der Waals surface area contributed by atoms with Crippen molar-refractivity contribution in [2.24, 2.45) is 11.8 Å². The Bertz CT molecular complexity index is 258. The summed E-state index contributed by atoms with van der Waals surface area (Å²) in [6.45, 7) is 3.83. The Kier molecular flexibility index (Phi) is 5.41. The molecule has 0 unspecified atom stereocenters. The molecule has 0 aromatic carbocycles. The minimum Gasteiger partial charge on any atom is -0.449 e. The normalized spacial score (nSPS) is 24.1. The van der Waals surface area contributed by atoms with Gasteiger partial charge in [-0.05, 0) is 31.6 Å². The highest BCUT2D eigenvalue weighted by molar-refractivity contribution is 5.72. The molecule has 0 aromatic heterocycles. The van der Waals surface area contributed by atoms with E-state index in [2.05, 4.69) is 4.90 Å². The summed E-state index contributed by atoms with van der Waals surface area (Å²) in [4.78, 5) is 14.0. The molecule has 1 N–H and O–H groups in total. The van der Waals surface area contributed by atoms with E-state index in [-0.39, 0.29) is 18.5 Å². The van der Waals surface area contributed by atoms with E-state index >= 15 is 0 Å². The number of hydrogen-bond donors (Lipinski definition) is 1. The fraction of sp³-hybridized carbons (Fsp3) is 0.923. The minimum atomic E-state index is -0.0809. The van der Waals surface area contributed by atoms with Crippen LogP contribution in [0.5, 0.6) is 0 Å².